The fourth-order valence-corrected chi connectivity index (χ4v) is 3.95. The van der Waals surface area contributed by atoms with Crippen molar-refractivity contribution in [2.45, 2.75) is 13.8 Å². The van der Waals surface area contributed by atoms with E-state index in [0.717, 1.165) is 29.1 Å². The summed E-state index contributed by atoms with van der Waals surface area (Å²) in [4.78, 5) is 21.7. The molecule has 0 radical (unpaired) electrons. The lowest BCUT2D eigenvalue weighted by Gasteiger charge is -2.24. The smallest absolute Gasteiger partial charge is 0.260 e. The molecule has 0 fully saturated rings. The zero-order valence-electron chi connectivity index (χ0n) is 16.3. The van der Waals surface area contributed by atoms with E-state index in [1.54, 1.807) is 24.1 Å². The summed E-state index contributed by atoms with van der Waals surface area (Å²) < 4.78 is 19.9. The quantitative estimate of drug-likeness (QED) is 0.560. The number of methoxy groups -OCH3 is 1. The lowest BCUT2D eigenvalue weighted by molar-refractivity contribution is 0.0983. The second-order valence-electron chi connectivity index (χ2n) is 6.32. The molecular weight excluding hydrogens is 377 g/mol. The SMILES string of the molecule is CCN(CC)CCN(C(=O)c1cccc(F)c1)c1nc2cc(OC)ccc2s1. The molecule has 0 spiro atoms. The molecule has 1 amide bonds. The fraction of sp³-hybridized carbons (Fsp3) is 0.333. The normalized spacial score (nSPS) is 11.2. The predicted molar refractivity (Wildman–Crippen MR) is 112 cm³/mol. The maximum Gasteiger partial charge on any atom is 0.260 e. The van der Waals surface area contributed by atoms with Gasteiger partial charge in [-0.15, -0.1) is 0 Å². The van der Waals surface area contributed by atoms with E-state index in [9.17, 15) is 9.18 Å². The Morgan fingerprint density at radius 1 is 1.14 bits per heavy atom. The van der Waals surface area contributed by atoms with Gasteiger partial charge in [0.2, 0.25) is 0 Å². The number of anilines is 1. The van der Waals surface area contributed by atoms with Crippen LogP contribution in [0.3, 0.4) is 0 Å². The van der Waals surface area contributed by atoms with Crippen molar-refractivity contribution in [3.05, 3.63) is 53.8 Å². The number of thiazole rings is 1. The molecule has 3 aromatic rings. The van der Waals surface area contributed by atoms with Crippen LogP contribution in [-0.4, -0.2) is 49.1 Å². The number of carbonyl (C=O) groups is 1. The summed E-state index contributed by atoms with van der Waals surface area (Å²) in [6.07, 6.45) is 0. The van der Waals surface area contributed by atoms with Crippen molar-refractivity contribution in [1.82, 2.24) is 9.88 Å². The summed E-state index contributed by atoms with van der Waals surface area (Å²) in [6.45, 7) is 7.17. The number of benzene rings is 2. The van der Waals surface area contributed by atoms with Crippen molar-refractivity contribution in [3.63, 3.8) is 0 Å². The molecule has 28 heavy (non-hydrogen) atoms. The molecule has 1 aromatic heterocycles. The van der Waals surface area contributed by atoms with Gasteiger partial charge in [0.15, 0.2) is 5.13 Å². The van der Waals surface area contributed by atoms with E-state index in [4.69, 9.17) is 4.74 Å². The molecule has 0 bridgehead atoms. The Balaban J connectivity index is 1.96. The molecule has 5 nitrogen and oxygen atoms in total. The highest BCUT2D eigenvalue weighted by molar-refractivity contribution is 7.22. The number of amides is 1. The summed E-state index contributed by atoms with van der Waals surface area (Å²) in [7, 11) is 1.61. The average molecular weight is 402 g/mol. The molecule has 2 aromatic carbocycles. The Hall–Kier alpha value is -2.51. The summed E-state index contributed by atoms with van der Waals surface area (Å²) in [5.41, 5.74) is 1.09. The highest BCUT2D eigenvalue weighted by Gasteiger charge is 2.22. The van der Waals surface area contributed by atoms with Gasteiger partial charge in [-0.3, -0.25) is 9.69 Å². The van der Waals surface area contributed by atoms with E-state index < -0.39 is 5.82 Å². The van der Waals surface area contributed by atoms with Crippen LogP contribution in [0.5, 0.6) is 5.75 Å². The number of nitrogens with zero attached hydrogens (tertiary/aromatic N) is 3. The van der Waals surface area contributed by atoms with Crippen LogP contribution in [0.15, 0.2) is 42.5 Å². The molecule has 0 saturated carbocycles. The van der Waals surface area contributed by atoms with Gasteiger partial charge in [0.05, 0.1) is 17.3 Å². The number of hydrogen-bond donors (Lipinski definition) is 0. The summed E-state index contributed by atoms with van der Waals surface area (Å²) >= 11 is 1.44. The monoisotopic (exact) mass is 401 g/mol. The minimum absolute atomic E-state index is 0.252. The van der Waals surface area contributed by atoms with Crippen molar-refractivity contribution in [2.24, 2.45) is 0 Å². The Labute approximate surface area is 168 Å². The van der Waals surface area contributed by atoms with Crippen molar-refractivity contribution in [3.8, 4) is 5.75 Å². The van der Waals surface area contributed by atoms with Crippen molar-refractivity contribution in [1.29, 1.82) is 0 Å². The number of likely N-dealkylation sites (N-methyl/N-ethyl adjacent to an activating group) is 1. The van der Waals surface area contributed by atoms with Crippen LogP contribution in [0.25, 0.3) is 10.2 Å². The highest BCUT2D eigenvalue weighted by atomic mass is 32.1. The fourth-order valence-electron chi connectivity index (χ4n) is 2.98. The van der Waals surface area contributed by atoms with Crippen molar-refractivity contribution < 1.29 is 13.9 Å². The molecule has 0 atom stereocenters. The third kappa shape index (κ3) is 4.48. The molecule has 3 rings (SSSR count). The Morgan fingerprint density at radius 3 is 2.61 bits per heavy atom. The lowest BCUT2D eigenvalue weighted by Crippen LogP contribution is -2.38. The zero-order chi connectivity index (χ0) is 20.1. The van der Waals surface area contributed by atoms with Crippen LogP contribution in [0.2, 0.25) is 0 Å². The molecule has 0 unspecified atom stereocenters. The van der Waals surface area contributed by atoms with E-state index in [2.05, 4.69) is 23.7 Å². The molecular formula is C21H24FN3O2S. The van der Waals surface area contributed by atoms with Crippen molar-refractivity contribution >= 4 is 32.6 Å². The molecule has 7 heteroatoms. The van der Waals surface area contributed by atoms with Gasteiger partial charge >= 0.3 is 0 Å². The number of hydrogen-bond acceptors (Lipinski definition) is 5. The summed E-state index contributed by atoms with van der Waals surface area (Å²) in [5, 5.41) is 0.602. The second-order valence-corrected chi connectivity index (χ2v) is 7.33. The first-order valence-electron chi connectivity index (χ1n) is 9.30. The average Bonchev–Trinajstić information content (AvgIpc) is 3.13. The number of rotatable bonds is 8. The largest absolute Gasteiger partial charge is 0.497 e. The zero-order valence-corrected chi connectivity index (χ0v) is 17.1. The molecule has 0 N–H and O–H groups in total. The number of carbonyl (C=O) groups excluding carboxylic acids is 1. The van der Waals surface area contributed by atoms with Crippen LogP contribution in [0.1, 0.15) is 24.2 Å². The minimum Gasteiger partial charge on any atom is -0.497 e. The first-order chi connectivity index (χ1) is 13.5. The standard InChI is InChI=1S/C21H24FN3O2S/c1-4-24(5-2)11-12-25(20(26)15-7-6-8-16(22)13-15)21-23-18-14-17(27-3)9-10-19(18)28-21/h6-10,13-14H,4-5,11-12H2,1-3H3. The van der Waals surface area contributed by atoms with Crippen LogP contribution in [0, 0.1) is 5.82 Å². The van der Waals surface area contributed by atoms with E-state index in [0.29, 0.717) is 23.8 Å². The number of aromatic nitrogens is 1. The first kappa shape index (κ1) is 20.2. The van der Waals surface area contributed by atoms with Gasteiger partial charge in [0.25, 0.3) is 5.91 Å². The third-order valence-electron chi connectivity index (χ3n) is 4.67. The van der Waals surface area contributed by atoms with E-state index in [-0.39, 0.29) is 5.91 Å². The molecule has 148 valence electrons. The van der Waals surface area contributed by atoms with E-state index >= 15 is 0 Å². The number of halogens is 1. The lowest BCUT2D eigenvalue weighted by atomic mass is 10.2. The van der Waals surface area contributed by atoms with Gasteiger partial charge in [0, 0.05) is 24.7 Å². The molecule has 0 saturated heterocycles. The van der Waals surface area contributed by atoms with Crippen LogP contribution in [0.4, 0.5) is 9.52 Å². The number of ether oxygens (including phenoxy) is 1. The molecule has 1 heterocycles. The molecule has 0 aliphatic carbocycles. The third-order valence-corrected chi connectivity index (χ3v) is 5.72. The van der Waals surface area contributed by atoms with Gasteiger partial charge in [-0.2, -0.15) is 0 Å². The van der Waals surface area contributed by atoms with Crippen LogP contribution < -0.4 is 9.64 Å². The minimum atomic E-state index is -0.427. The molecule has 0 aliphatic heterocycles. The topological polar surface area (TPSA) is 45.7 Å². The summed E-state index contributed by atoms with van der Waals surface area (Å²) in [5.74, 6) is 0.0387. The highest BCUT2D eigenvalue weighted by Crippen LogP contribution is 2.32. The number of fused-ring (bicyclic) bond motifs is 1. The second kappa shape index (κ2) is 9.12. The Morgan fingerprint density at radius 2 is 1.93 bits per heavy atom. The summed E-state index contributed by atoms with van der Waals surface area (Å²) in [6, 6.07) is 11.4. The maximum absolute atomic E-state index is 13.7. The maximum atomic E-state index is 13.7. The van der Waals surface area contributed by atoms with Gasteiger partial charge < -0.3 is 9.64 Å². The van der Waals surface area contributed by atoms with Crippen LogP contribution in [-0.2, 0) is 0 Å². The van der Waals surface area contributed by atoms with Gasteiger partial charge in [0.1, 0.15) is 11.6 Å². The first-order valence-corrected chi connectivity index (χ1v) is 10.1. The predicted octanol–water partition coefficient (Wildman–Crippen LogP) is 4.43. The van der Waals surface area contributed by atoms with Crippen LogP contribution >= 0.6 is 11.3 Å². The van der Waals surface area contributed by atoms with Gasteiger partial charge in [-0.25, -0.2) is 9.37 Å². The van der Waals surface area contributed by atoms with Gasteiger partial charge in [-0.05, 0) is 43.4 Å². The van der Waals surface area contributed by atoms with Gasteiger partial charge in [-0.1, -0.05) is 31.3 Å². The Bertz CT molecular complexity index is 956. The van der Waals surface area contributed by atoms with Crippen molar-refractivity contribution in [2.75, 3.05) is 38.2 Å². The van der Waals surface area contributed by atoms with E-state index in [1.165, 1.54) is 23.5 Å². The van der Waals surface area contributed by atoms with E-state index in [1.807, 2.05) is 18.2 Å². The Kier molecular flexibility index (Phi) is 6.59. The molecule has 0 aliphatic rings.